The monoisotopic (exact) mass is 300 g/mol. The largest absolute Gasteiger partial charge is 0.416 e. The van der Waals surface area contributed by atoms with Crippen molar-refractivity contribution >= 4 is 11.3 Å². The molecule has 1 aromatic heterocycles. The molecule has 0 aliphatic rings. The average molecular weight is 300 g/mol. The standard InChI is InChI=1S/C14H15F3N2S/c1-8-6-10(14(15,16)17)4-5-11(8)13(18-3)12-7-19-9(2)20-12/h4-7,13,18H,1-3H3. The molecule has 0 fully saturated rings. The smallest absolute Gasteiger partial charge is 0.309 e. The van der Waals surface area contributed by atoms with Gasteiger partial charge in [0.15, 0.2) is 0 Å². The van der Waals surface area contributed by atoms with Crippen molar-refractivity contribution in [2.24, 2.45) is 0 Å². The molecule has 2 aromatic rings. The van der Waals surface area contributed by atoms with Crippen molar-refractivity contribution in [1.29, 1.82) is 0 Å². The van der Waals surface area contributed by atoms with Crippen molar-refractivity contribution in [1.82, 2.24) is 10.3 Å². The fourth-order valence-electron chi connectivity index (χ4n) is 2.14. The van der Waals surface area contributed by atoms with Crippen molar-refractivity contribution in [2.75, 3.05) is 7.05 Å². The normalized spacial score (nSPS) is 13.5. The fraction of sp³-hybridized carbons (Fsp3) is 0.357. The first-order chi connectivity index (χ1) is 9.32. The minimum absolute atomic E-state index is 0.136. The molecule has 0 aliphatic heterocycles. The van der Waals surface area contributed by atoms with E-state index in [1.54, 1.807) is 20.2 Å². The topological polar surface area (TPSA) is 24.9 Å². The van der Waals surface area contributed by atoms with Crippen LogP contribution in [-0.2, 0) is 6.18 Å². The van der Waals surface area contributed by atoms with Gasteiger partial charge in [-0.15, -0.1) is 11.3 Å². The fourth-order valence-corrected chi connectivity index (χ4v) is 3.05. The zero-order valence-corrected chi connectivity index (χ0v) is 12.2. The van der Waals surface area contributed by atoms with Crippen molar-refractivity contribution in [3.63, 3.8) is 0 Å². The van der Waals surface area contributed by atoms with Crippen LogP contribution in [0.4, 0.5) is 13.2 Å². The predicted octanol–water partition coefficient (Wildman–Crippen LogP) is 4.09. The highest BCUT2D eigenvalue weighted by atomic mass is 32.1. The number of aromatic nitrogens is 1. The lowest BCUT2D eigenvalue weighted by Crippen LogP contribution is -2.18. The van der Waals surface area contributed by atoms with Crippen LogP contribution in [0.25, 0.3) is 0 Å². The van der Waals surface area contributed by atoms with Crippen LogP contribution in [0.2, 0.25) is 0 Å². The molecule has 1 N–H and O–H groups in total. The highest BCUT2D eigenvalue weighted by Gasteiger charge is 2.31. The second-order valence-corrected chi connectivity index (χ2v) is 5.84. The van der Waals surface area contributed by atoms with Gasteiger partial charge in [-0.3, -0.25) is 0 Å². The van der Waals surface area contributed by atoms with Gasteiger partial charge in [0.05, 0.1) is 16.6 Å². The third-order valence-electron chi connectivity index (χ3n) is 3.12. The zero-order valence-electron chi connectivity index (χ0n) is 11.4. The molecule has 108 valence electrons. The molecule has 1 aromatic carbocycles. The van der Waals surface area contributed by atoms with Crippen LogP contribution >= 0.6 is 11.3 Å². The van der Waals surface area contributed by atoms with Gasteiger partial charge >= 0.3 is 6.18 Å². The Hall–Kier alpha value is -1.40. The first-order valence-electron chi connectivity index (χ1n) is 6.10. The third kappa shape index (κ3) is 3.02. The molecule has 6 heteroatoms. The van der Waals surface area contributed by atoms with E-state index in [9.17, 15) is 13.2 Å². The van der Waals surface area contributed by atoms with E-state index in [0.717, 1.165) is 21.5 Å². The van der Waals surface area contributed by atoms with E-state index in [1.165, 1.54) is 23.5 Å². The molecule has 0 radical (unpaired) electrons. The van der Waals surface area contributed by atoms with Crippen molar-refractivity contribution < 1.29 is 13.2 Å². The second-order valence-electron chi connectivity index (χ2n) is 4.57. The Bertz CT molecular complexity index is 605. The zero-order chi connectivity index (χ0) is 14.9. The van der Waals surface area contributed by atoms with E-state index in [1.807, 2.05) is 6.92 Å². The maximum atomic E-state index is 12.7. The van der Waals surface area contributed by atoms with Crippen molar-refractivity contribution in [3.8, 4) is 0 Å². The van der Waals surface area contributed by atoms with E-state index in [-0.39, 0.29) is 6.04 Å². The summed E-state index contributed by atoms with van der Waals surface area (Å²) in [7, 11) is 1.79. The second kappa shape index (κ2) is 5.54. The summed E-state index contributed by atoms with van der Waals surface area (Å²) in [6.45, 7) is 3.60. The number of rotatable bonds is 3. The molecule has 2 rings (SSSR count). The molecule has 0 amide bonds. The predicted molar refractivity (Wildman–Crippen MR) is 73.9 cm³/mol. The number of nitrogens with zero attached hydrogens (tertiary/aromatic N) is 1. The number of benzene rings is 1. The number of hydrogen-bond acceptors (Lipinski definition) is 3. The average Bonchev–Trinajstić information content (AvgIpc) is 2.77. The molecule has 2 nitrogen and oxygen atoms in total. The molecular formula is C14H15F3N2S. The number of hydrogen-bond donors (Lipinski definition) is 1. The minimum Gasteiger partial charge on any atom is -0.309 e. The van der Waals surface area contributed by atoms with Crippen LogP contribution in [-0.4, -0.2) is 12.0 Å². The number of alkyl halides is 3. The van der Waals surface area contributed by atoms with Crippen molar-refractivity contribution in [2.45, 2.75) is 26.1 Å². The lowest BCUT2D eigenvalue weighted by Gasteiger charge is -2.18. The van der Waals surface area contributed by atoms with Crippen LogP contribution in [0, 0.1) is 13.8 Å². The van der Waals surface area contributed by atoms with E-state index >= 15 is 0 Å². The molecule has 20 heavy (non-hydrogen) atoms. The number of aryl methyl sites for hydroxylation is 2. The van der Waals surface area contributed by atoms with Crippen LogP contribution in [0.15, 0.2) is 24.4 Å². The summed E-state index contributed by atoms with van der Waals surface area (Å²) in [5.41, 5.74) is 0.837. The van der Waals surface area contributed by atoms with Crippen LogP contribution in [0.1, 0.15) is 32.6 Å². The molecule has 0 aliphatic carbocycles. The lowest BCUT2D eigenvalue weighted by molar-refractivity contribution is -0.137. The van der Waals surface area contributed by atoms with Gasteiger partial charge in [0.25, 0.3) is 0 Å². The van der Waals surface area contributed by atoms with Crippen LogP contribution in [0.3, 0.4) is 0 Å². The molecule has 0 bridgehead atoms. The van der Waals surface area contributed by atoms with Crippen molar-refractivity contribution in [3.05, 3.63) is 51.0 Å². The number of thiazole rings is 1. The SMILES string of the molecule is CNC(c1cnc(C)s1)c1ccc(C(F)(F)F)cc1C. The van der Waals surface area contributed by atoms with Gasteiger partial charge in [-0.25, -0.2) is 4.98 Å². The van der Waals surface area contributed by atoms with Gasteiger partial charge in [-0.05, 0) is 44.2 Å². The Kier molecular flexibility index (Phi) is 4.15. The third-order valence-corrected chi connectivity index (χ3v) is 4.10. The van der Waals surface area contributed by atoms with Gasteiger partial charge in [-0.1, -0.05) is 6.07 Å². The van der Waals surface area contributed by atoms with E-state index in [0.29, 0.717) is 5.56 Å². The Morgan fingerprint density at radius 3 is 2.40 bits per heavy atom. The lowest BCUT2D eigenvalue weighted by atomic mass is 9.98. The molecule has 0 spiro atoms. The van der Waals surface area contributed by atoms with Gasteiger partial charge in [-0.2, -0.15) is 13.2 Å². The van der Waals surface area contributed by atoms with E-state index < -0.39 is 11.7 Å². The number of halogens is 3. The number of nitrogens with one attached hydrogen (secondary N) is 1. The Balaban J connectivity index is 2.41. The maximum absolute atomic E-state index is 12.7. The highest BCUT2D eigenvalue weighted by molar-refractivity contribution is 7.11. The first-order valence-corrected chi connectivity index (χ1v) is 6.92. The Morgan fingerprint density at radius 2 is 1.95 bits per heavy atom. The quantitative estimate of drug-likeness (QED) is 0.923. The van der Waals surface area contributed by atoms with Gasteiger partial charge in [0.2, 0.25) is 0 Å². The summed E-state index contributed by atoms with van der Waals surface area (Å²) in [5.74, 6) is 0. The molecule has 1 unspecified atom stereocenters. The van der Waals surface area contributed by atoms with Gasteiger partial charge in [0.1, 0.15) is 0 Å². The maximum Gasteiger partial charge on any atom is 0.416 e. The van der Waals surface area contributed by atoms with Gasteiger partial charge < -0.3 is 5.32 Å². The molecule has 1 atom stereocenters. The molecule has 0 saturated carbocycles. The summed E-state index contributed by atoms with van der Waals surface area (Å²) in [6.07, 6.45) is -2.54. The molecule has 1 heterocycles. The van der Waals surface area contributed by atoms with E-state index in [2.05, 4.69) is 10.3 Å². The summed E-state index contributed by atoms with van der Waals surface area (Å²) < 4.78 is 38.1. The minimum atomic E-state index is -4.31. The first kappa shape index (κ1) is 15.0. The summed E-state index contributed by atoms with van der Waals surface area (Å²) >= 11 is 1.54. The molecule has 0 saturated heterocycles. The summed E-state index contributed by atoms with van der Waals surface area (Å²) in [5, 5.41) is 4.07. The Morgan fingerprint density at radius 1 is 1.25 bits per heavy atom. The highest BCUT2D eigenvalue weighted by Crippen LogP contribution is 2.34. The van der Waals surface area contributed by atoms with Crippen LogP contribution in [0.5, 0.6) is 0 Å². The van der Waals surface area contributed by atoms with E-state index in [4.69, 9.17) is 0 Å². The summed E-state index contributed by atoms with van der Waals surface area (Å²) in [4.78, 5) is 5.19. The van der Waals surface area contributed by atoms with Crippen LogP contribution < -0.4 is 5.32 Å². The molecular weight excluding hydrogens is 285 g/mol. The summed E-state index contributed by atoms with van der Waals surface area (Å²) in [6, 6.07) is 3.71. The van der Waals surface area contributed by atoms with Gasteiger partial charge in [0, 0.05) is 11.1 Å². The Labute approximate surface area is 119 Å².